The van der Waals surface area contributed by atoms with Crippen molar-refractivity contribution in [1.82, 2.24) is 10.6 Å². The van der Waals surface area contributed by atoms with Gasteiger partial charge in [0.1, 0.15) is 0 Å². The van der Waals surface area contributed by atoms with Gasteiger partial charge in [0, 0.05) is 17.4 Å². The number of hydrogen-bond acceptors (Lipinski definition) is 2. The maximum absolute atomic E-state index is 4.18. The molecule has 1 fully saturated rings. The van der Waals surface area contributed by atoms with Crippen LogP contribution < -0.4 is 10.6 Å². The first-order chi connectivity index (χ1) is 8.08. The van der Waals surface area contributed by atoms with Gasteiger partial charge in [-0.15, -0.1) is 0 Å². The zero-order valence-electron chi connectivity index (χ0n) is 11.3. The Morgan fingerprint density at radius 3 is 2.82 bits per heavy atom. The fraction of sp³-hybridized carbons (Fsp3) is 0.600. The number of rotatable bonds is 3. The molecule has 1 aliphatic heterocycles. The molecule has 17 heavy (non-hydrogen) atoms. The predicted molar refractivity (Wildman–Crippen MR) is 73.5 cm³/mol. The van der Waals surface area contributed by atoms with E-state index in [0.717, 1.165) is 18.7 Å². The van der Waals surface area contributed by atoms with Gasteiger partial charge in [0.05, 0.1) is 0 Å². The van der Waals surface area contributed by atoms with Crippen LogP contribution in [0.5, 0.6) is 0 Å². The van der Waals surface area contributed by atoms with Crippen LogP contribution in [-0.2, 0) is 0 Å². The molecule has 2 N–H and O–H groups in total. The molecule has 0 bridgehead atoms. The Balaban J connectivity index is 2.05. The van der Waals surface area contributed by atoms with Crippen LogP contribution in [0.2, 0.25) is 0 Å². The average molecular weight is 232 g/mol. The van der Waals surface area contributed by atoms with Crippen molar-refractivity contribution in [2.45, 2.75) is 46.1 Å². The van der Waals surface area contributed by atoms with Crippen molar-refractivity contribution in [1.29, 1.82) is 0 Å². The lowest BCUT2D eigenvalue weighted by atomic mass is 9.90. The average Bonchev–Trinajstić information content (AvgIpc) is 2.76. The standard InChI is InChI=1S/C15H24N2/c1-10-8-11(2)15(12(3)9-10)17-13(4)14-6-5-7-16-14/h8,10,14,16-17H,4-7,9H2,1-3H3. The lowest BCUT2D eigenvalue weighted by Gasteiger charge is -2.25. The smallest absolute Gasteiger partial charge is 0.0467 e. The summed E-state index contributed by atoms with van der Waals surface area (Å²) in [5.41, 5.74) is 5.23. The number of hydrogen-bond donors (Lipinski definition) is 2. The minimum atomic E-state index is 0.447. The van der Waals surface area contributed by atoms with E-state index in [-0.39, 0.29) is 0 Å². The predicted octanol–water partition coefficient (Wildman–Crippen LogP) is 3.10. The second-order valence-electron chi connectivity index (χ2n) is 5.49. The SMILES string of the molecule is C=C(NC1=C(C)CC(C)C=C1C)C1CCCN1. The third-order valence-electron chi connectivity index (χ3n) is 3.75. The summed E-state index contributed by atoms with van der Waals surface area (Å²) in [7, 11) is 0. The summed E-state index contributed by atoms with van der Waals surface area (Å²) in [4.78, 5) is 0. The van der Waals surface area contributed by atoms with Crippen molar-refractivity contribution in [2.75, 3.05) is 6.54 Å². The fourth-order valence-corrected chi connectivity index (χ4v) is 2.93. The molecular weight excluding hydrogens is 208 g/mol. The van der Waals surface area contributed by atoms with Crippen molar-refractivity contribution in [3.05, 3.63) is 35.2 Å². The molecule has 0 spiro atoms. The molecule has 1 aliphatic carbocycles. The highest BCUT2D eigenvalue weighted by Gasteiger charge is 2.20. The monoisotopic (exact) mass is 232 g/mol. The van der Waals surface area contributed by atoms with Crippen LogP contribution in [0.25, 0.3) is 0 Å². The van der Waals surface area contributed by atoms with Crippen LogP contribution >= 0.6 is 0 Å². The van der Waals surface area contributed by atoms with Crippen LogP contribution in [0.3, 0.4) is 0 Å². The van der Waals surface area contributed by atoms with Crippen LogP contribution in [0, 0.1) is 5.92 Å². The van der Waals surface area contributed by atoms with E-state index < -0.39 is 0 Å². The Morgan fingerprint density at radius 2 is 2.24 bits per heavy atom. The lowest BCUT2D eigenvalue weighted by molar-refractivity contribution is 0.634. The Hall–Kier alpha value is -1.02. The van der Waals surface area contributed by atoms with Crippen molar-refractivity contribution in [2.24, 2.45) is 5.92 Å². The van der Waals surface area contributed by atoms with Gasteiger partial charge in [-0.2, -0.15) is 0 Å². The molecule has 0 saturated carbocycles. The van der Waals surface area contributed by atoms with Gasteiger partial charge in [0.15, 0.2) is 0 Å². The zero-order valence-corrected chi connectivity index (χ0v) is 11.3. The Morgan fingerprint density at radius 1 is 1.47 bits per heavy atom. The molecule has 0 aromatic rings. The molecule has 2 unspecified atom stereocenters. The molecule has 2 aliphatic rings. The summed E-state index contributed by atoms with van der Waals surface area (Å²) in [6.45, 7) is 12.0. The van der Waals surface area contributed by atoms with Gasteiger partial charge < -0.3 is 10.6 Å². The number of allylic oxidation sites excluding steroid dienone is 3. The molecule has 0 amide bonds. The summed E-state index contributed by atoms with van der Waals surface area (Å²) in [6, 6.07) is 0.447. The second kappa shape index (κ2) is 5.09. The van der Waals surface area contributed by atoms with E-state index in [1.165, 1.54) is 29.7 Å². The van der Waals surface area contributed by atoms with Crippen molar-refractivity contribution < 1.29 is 0 Å². The first-order valence-corrected chi connectivity index (χ1v) is 6.65. The Labute approximate surface area is 105 Å². The second-order valence-corrected chi connectivity index (χ2v) is 5.49. The lowest BCUT2D eigenvalue weighted by Crippen LogP contribution is -2.32. The van der Waals surface area contributed by atoms with Crippen molar-refractivity contribution in [3.63, 3.8) is 0 Å². The molecular formula is C15H24N2. The maximum atomic E-state index is 4.18. The van der Waals surface area contributed by atoms with E-state index in [1.807, 2.05) is 0 Å². The molecule has 2 atom stereocenters. The minimum absolute atomic E-state index is 0.447. The Kier molecular flexibility index (Phi) is 3.72. The van der Waals surface area contributed by atoms with Crippen LogP contribution in [0.15, 0.2) is 35.2 Å². The highest BCUT2D eigenvalue weighted by Crippen LogP contribution is 2.27. The summed E-state index contributed by atoms with van der Waals surface area (Å²) < 4.78 is 0. The molecule has 2 nitrogen and oxygen atoms in total. The fourth-order valence-electron chi connectivity index (χ4n) is 2.93. The van der Waals surface area contributed by atoms with Gasteiger partial charge in [0.25, 0.3) is 0 Å². The van der Waals surface area contributed by atoms with Gasteiger partial charge >= 0.3 is 0 Å². The Bertz CT molecular complexity index is 370. The van der Waals surface area contributed by atoms with Gasteiger partial charge in [-0.3, -0.25) is 0 Å². The molecule has 1 saturated heterocycles. The summed E-state index contributed by atoms with van der Waals surface area (Å²) >= 11 is 0. The summed E-state index contributed by atoms with van der Waals surface area (Å²) in [5.74, 6) is 0.665. The van der Waals surface area contributed by atoms with Crippen molar-refractivity contribution >= 4 is 0 Å². The van der Waals surface area contributed by atoms with E-state index in [4.69, 9.17) is 0 Å². The van der Waals surface area contributed by atoms with E-state index in [0.29, 0.717) is 12.0 Å². The van der Waals surface area contributed by atoms with Crippen LogP contribution in [0.4, 0.5) is 0 Å². The first-order valence-electron chi connectivity index (χ1n) is 6.65. The van der Waals surface area contributed by atoms with E-state index in [9.17, 15) is 0 Å². The van der Waals surface area contributed by atoms with Gasteiger partial charge in [-0.25, -0.2) is 0 Å². The van der Waals surface area contributed by atoms with Gasteiger partial charge in [-0.05, 0) is 56.7 Å². The summed E-state index contributed by atoms with van der Waals surface area (Å²) in [5, 5.41) is 7.02. The highest BCUT2D eigenvalue weighted by molar-refractivity contribution is 5.38. The molecule has 94 valence electrons. The molecule has 1 heterocycles. The van der Waals surface area contributed by atoms with Crippen LogP contribution in [-0.4, -0.2) is 12.6 Å². The van der Waals surface area contributed by atoms with Gasteiger partial charge in [0.2, 0.25) is 0 Å². The first kappa shape index (κ1) is 12.4. The van der Waals surface area contributed by atoms with E-state index in [2.05, 4.69) is 44.1 Å². The van der Waals surface area contributed by atoms with Crippen LogP contribution in [0.1, 0.15) is 40.0 Å². The third kappa shape index (κ3) is 2.81. The minimum Gasteiger partial charge on any atom is -0.358 e. The molecule has 0 aromatic carbocycles. The topological polar surface area (TPSA) is 24.1 Å². The largest absolute Gasteiger partial charge is 0.358 e. The highest BCUT2D eigenvalue weighted by atomic mass is 15.0. The maximum Gasteiger partial charge on any atom is 0.0467 e. The molecule has 2 rings (SSSR count). The number of nitrogens with one attached hydrogen (secondary N) is 2. The molecule has 0 aromatic heterocycles. The quantitative estimate of drug-likeness (QED) is 0.781. The third-order valence-corrected chi connectivity index (χ3v) is 3.75. The molecule has 2 heteroatoms. The summed E-state index contributed by atoms with van der Waals surface area (Å²) in [6.07, 6.45) is 5.97. The zero-order chi connectivity index (χ0) is 12.4. The molecule has 0 radical (unpaired) electrons. The van der Waals surface area contributed by atoms with Gasteiger partial charge in [-0.1, -0.05) is 19.6 Å². The van der Waals surface area contributed by atoms with E-state index >= 15 is 0 Å². The normalized spacial score (nSPS) is 29.2. The van der Waals surface area contributed by atoms with Crippen molar-refractivity contribution in [3.8, 4) is 0 Å². The van der Waals surface area contributed by atoms with E-state index in [1.54, 1.807) is 0 Å².